The lowest BCUT2D eigenvalue weighted by molar-refractivity contribution is -0.137. The van der Waals surface area contributed by atoms with Gasteiger partial charge < -0.3 is 24.5 Å². The Kier molecular flexibility index (Phi) is 8.42. The highest BCUT2D eigenvalue weighted by Gasteiger charge is 2.34. The number of likely N-dealkylation sites (tertiary alicyclic amines) is 1. The first-order valence-electron chi connectivity index (χ1n) is 13.8. The van der Waals surface area contributed by atoms with E-state index in [1.54, 1.807) is 20.5 Å². The third-order valence-corrected chi connectivity index (χ3v) is 8.39. The number of aromatic nitrogens is 2. The van der Waals surface area contributed by atoms with E-state index in [1.165, 1.54) is 0 Å². The maximum absolute atomic E-state index is 13.5. The van der Waals surface area contributed by atoms with Crippen molar-refractivity contribution in [3.63, 3.8) is 0 Å². The Morgan fingerprint density at radius 3 is 2.46 bits per heavy atom. The summed E-state index contributed by atoms with van der Waals surface area (Å²) in [5.41, 5.74) is 2.36. The van der Waals surface area contributed by atoms with Crippen LogP contribution in [0.4, 0.5) is 0 Å². The minimum absolute atomic E-state index is 0.00385. The van der Waals surface area contributed by atoms with Crippen LogP contribution in [-0.4, -0.2) is 98.8 Å². The Morgan fingerprint density at radius 1 is 1.03 bits per heavy atom. The summed E-state index contributed by atoms with van der Waals surface area (Å²) >= 11 is 6.26. The molecule has 2 fully saturated rings. The van der Waals surface area contributed by atoms with E-state index in [-0.39, 0.29) is 36.4 Å². The zero-order chi connectivity index (χ0) is 27.5. The molecule has 0 radical (unpaired) electrons. The molecule has 2 aliphatic heterocycles. The number of piperidine rings is 1. The summed E-state index contributed by atoms with van der Waals surface area (Å²) in [4.78, 5) is 43.9. The minimum atomic E-state index is -0.523. The van der Waals surface area contributed by atoms with E-state index in [1.807, 2.05) is 30.0 Å². The number of carbonyl (C=O) groups is 3. The molecule has 5 rings (SSSR count). The van der Waals surface area contributed by atoms with Gasteiger partial charge in [-0.15, -0.1) is 0 Å². The number of para-hydroxylation sites is 1. The van der Waals surface area contributed by atoms with Gasteiger partial charge in [-0.3, -0.25) is 19.1 Å². The number of carbonyl (C=O) groups excluding carboxylic acids is 3. The van der Waals surface area contributed by atoms with Gasteiger partial charge in [0.05, 0.1) is 5.02 Å². The molecule has 0 spiro atoms. The molecule has 10 nitrogen and oxygen atoms in total. The maximum atomic E-state index is 13.5. The molecule has 3 aliphatic rings. The molecule has 0 unspecified atom stereocenters. The third kappa shape index (κ3) is 5.91. The number of aliphatic hydroxyl groups excluding tert-OH is 1. The predicted octanol–water partition coefficient (Wildman–Crippen LogP) is 2.15. The van der Waals surface area contributed by atoms with E-state index >= 15 is 0 Å². The fourth-order valence-corrected chi connectivity index (χ4v) is 6.11. The molecule has 2 atom stereocenters. The number of ether oxygens (including phenoxy) is 1. The van der Waals surface area contributed by atoms with E-state index in [2.05, 4.69) is 0 Å². The van der Waals surface area contributed by atoms with Crippen molar-refractivity contribution < 1.29 is 24.2 Å². The summed E-state index contributed by atoms with van der Waals surface area (Å²) in [6.07, 6.45) is 4.97. The first-order chi connectivity index (χ1) is 18.9. The van der Waals surface area contributed by atoms with Crippen molar-refractivity contribution in [1.29, 1.82) is 0 Å². The van der Waals surface area contributed by atoms with Crippen molar-refractivity contribution in [3.8, 4) is 5.75 Å². The van der Waals surface area contributed by atoms with Gasteiger partial charge in [0.2, 0.25) is 11.8 Å². The summed E-state index contributed by atoms with van der Waals surface area (Å²) in [7, 11) is 0. The molecule has 11 heteroatoms. The molecule has 3 amide bonds. The van der Waals surface area contributed by atoms with Gasteiger partial charge in [-0.05, 0) is 44.7 Å². The second-order valence-electron chi connectivity index (χ2n) is 10.6. The maximum Gasteiger partial charge on any atom is 0.274 e. The Labute approximate surface area is 233 Å². The fraction of sp³-hybridized carbons (Fsp3) is 0.571. The average Bonchev–Trinajstić information content (AvgIpc) is 3.31. The van der Waals surface area contributed by atoms with Crippen LogP contribution in [0.1, 0.15) is 54.4 Å². The van der Waals surface area contributed by atoms with Gasteiger partial charge >= 0.3 is 0 Å². The summed E-state index contributed by atoms with van der Waals surface area (Å²) in [5, 5.41) is 14.4. The van der Waals surface area contributed by atoms with Crippen LogP contribution in [0.2, 0.25) is 5.02 Å². The lowest BCUT2D eigenvalue weighted by Crippen LogP contribution is -2.51. The second-order valence-corrected chi connectivity index (χ2v) is 11.0. The van der Waals surface area contributed by atoms with E-state index < -0.39 is 6.61 Å². The minimum Gasteiger partial charge on any atom is -0.489 e. The van der Waals surface area contributed by atoms with Gasteiger partial charge in [-0.2, -0.15) is 5.10 Å². The van der Waals surface area contributed by atoms with Crippen LogP contribution >= 0.6 is 11.6 Å². The lowest BCUT2D eigenvalue weighted by atomic mass is 9.95. The van der Waals surface area contributed by atoms with Crippen molar-refractivity contribution >= 4 is 29.3 Å². The molecule has 1 aromatic heterocycles. The summed E-state index contributed by atoms with van der Waals surface area (Å²) in [6, 6.07) is 7.43. The monoisotopic (exact) mass is 557 g/mol. The number of nitrogens with zero attached hydrogens (tertiary/aromatic N) is 5. The fourth-order valence-electron chi connectivity index (χ4n) is 5.93. The van der Waals surface area contributed by atoms with Crippen molar-refractivity contribution in [2.75, 3.05) is 39.3 Å². The van der Waals surface area contributed by atoms with Crippen LogP contribution in [0.25, 0.3) is 0 Å². The molecular formula is C28H36ClN5O5. The van der Waals surface area contributed by atoms with Gasteiger partial charge in [-0.25, -0.2) is 0 Å². The second kappa shape index (κ2) is 12.0. The number of aliphatic hydroxyl groups is 1. The van der Waals surface area contributed by atoms with Gasteiger partial charge in [0.25, 0.3) is 5.91 Å². The zero-order valence-corrected chi connectivity index (χ0v) is 23.1. The topological polar surface area (TPSA) is 108 Å². The molecule has 0 saturated carbocycles. The molecule has 1 aliphatic carbocycles. The number of amides is 3. The summed E-state index contributed by atoms with van der Waals surface area (Å²) in [5.74, 6) is 0.180. The third-order valence-electron chi connectivity index (χ3n) is 8.08. The largest absolute Gasteiger partial charge is 0.489 e. The van der Waals surface area contributed by atoms with Gasteiger partial charge in [0, 0.05) is 62.9 Å². The lowest BCUT2D eigenvalue weighted by Gasteiger charge is -2.38. The van der Waals surface area contributed by atoms with E-state index in [9.17, 15) is 14.4 Å². The smallest absolute Gasteiger partial charge is 0.274 e. The number of benzene rings is 1. The first-order valence-corrected chi connectivity index (χ1v) is 14.2. The van der Waals surface area contributed by atoms with Crippen molar-refractivity contribution in [1.82, 2.24) is 24.5 Å². The summed E-state index contributed by atoms with van der Waals surface area (Å²) < 4.78 is 7.87. The molecule has 39 heavy (non-hydrogen) atoms. The van der Waals surface area contributed by atoms with Crippen LogP contribution in [0.3, 0.4) is 0 Å². The SMILES string of the molecule is C[C@@H]1C[C@H](Oc2ccccc2Cl)CCN1C(=O)Cn1nc(C(=O)N2CCN(C(=O)CO)CC2)c2c1CCCC2. The number of halogens is 1. The Morgan fingerprint density at radius 2 is 1.74 bits per heavy atom. The summed E-state index contributed by atoms with van der Waals surface area (Å²) in [6.45, 7) is 3.78. The van der Waals surface area contributed by atoms with Crippen molar-refractivity contribution in [2.24, 2.45) is 0 Å². The van der Waals surface area contributed by atoms with Crippen molar-refractivity contribution in [2.45, 2.75) is 64.1 Å². The quantitative estimate of drug-likeness (QED) is 0.583. The van der Waals surface area contributed by atoms with E-state index in [0.29, 0.717) is 62.0 Å². The molecule has 2 saturated heterocycles. The number of fused-ring (bicyclic) bond motifs is 1. The number of piperazine rings is 1. The number of hydrogen-bond donors (Lipinski definition) is 1. The Balaban J connectivity index is 1.24. The standard InChI is InChI=1S/C28H36ClN5O5/c1-19-16-20(39-24-9-5-3-7-22(24)29)10-11-33(19)25(36)17-34-23-8-4-2-6-21(23)27(30-34)28(38)32-14-12-31(13-15-32)26(37)18-35/h3,5,7,9,19-20,35H,2,4,6,8,10-18H2,1H3/t19-,20-/m1/s1. The highest BCUT2D eigenvalue weighted by Crippen LogP contribution is 2.29. The van der Waals surface area contributed by atoms with Crippen LogP contribution in [0.15, 0.2) is 24.3 Å². The van der Waals surface area contributed by atoms with Crippen LogP contribution in [0, 0.1) is 0 Å². The van der Waals surface area contributed by atoms with Gasteiger partial charge in [0.1, 0.15) is 25.0 Å². The molecule has 210 valence electrons. The highest BCUT2D eigenvalue weighted by atomic mass is 35.5. The molecule has 1 N–H and O–H groups in total. The first kappa shape index (κ1) is 27.5. The molecule has 2 aromatic rings. The Bertz CT molecular complexity index is 1220. The zero-order valence-electron chi connectivity index (χ0n) is 22.4. The highest BCUT2D eigenvalue weighted by molar-refractivity contribution is 6.32. The van der Waals surface area contributed by atoms with Crippen molar-refractivity contribution in [3.05, 3.63) is 46.2 Å². The molecule has 1 aromatic carbocycles. The Hall–Kier alpha value is -3.11. The van der Waals surface area contributed by atoms with Crippen LogP contribution in [-0.2, 0) is 29.0 Å². The number of rotatable bonds is 6. The van der Waals surface area contributed by atoms with E-state index in [0.717, 1.165) is 36.9 Å². The van der Waals surface area contributed by atoms with Gasteiger partial charge in [-0.1, -0.05) is 23.7 Å². The number of hydrogen-bond acceptors (Lipinski definition) is 6. The van der Waals surface area contributed by atoms with Crippen LogP contribution < -0.4 is 4.74 Å². The average molecular weight is 558 g/mol. The van der Waals surface area contributed by atoms with Gasteiger partial charge in [0.15, 0.2) is 5.69 Å². The molecular weight excluding hydrogens is 522 g/mol. The molecule has 3 heterocycles. The van der Waals surface area contributed by atoms with E-state index in [4.69, 9.17) is 26.5 Å². The normalized spacial score (nSPS) is 21.5. The molecule has 0 bridgehead atoms. The predicted molar refractivity (Wildman–Crippen MR) is 145 cm³/mol. The van der Waals surface area contributed by atoms with Crippen LogP contribution in [0.5, 0.6) is 5.75 Å².